The monoisotopic (exact) mass is 309 g/mol. The van der Waals surface area contributed by atoms with Gasteiger partial charge < -0.3 is 10.4 Å². The first-order chi connectivity index (χ1) is 10.0. The van der Waals surface area contributed by atoms with Crippen molar-refractivity contribution in [1.29, 1.82) is 0 Å². The standard InChI is InChI=1S/C13H19N5O2S/c1-9(2)5-11(19)6-14-12(20)7-18-16-13(15-17-18)10-3-4-21-8-10/h3-4,8-9,11,19H,5-7H2,1-2H3,(H,14,20). The van der Waals surface area contributed by atoms with Crippen LogP contribution in [0.5, 0.6) is 0 Å². The molecular formula is C13H19N5O2S. The van der Waals surface area contributed by atoms with E-state index in [-0.39, 0.29) is 19.0 Å². The largest absolute Gasteiger partial charge is 0.391 e. The van der Waals surface area contributed by atoms with Crippen molar-refractivity contribution < 1.29 is 9.90 Å². The zero-order valence-corrected chi connectivity index (χ0v) is 12.9. The number of aromatic nitrogens is 4. The lowest BCUT2D eigenvalue weighted by atomic mass is 10.1. The van der Waals surface area contributed by atoms with Gasteiger partial charge in [0.25, 0.3) is 0 Å². The molecule has 2 aromatic rings. The minimum Gasteiger partial charge on any atom is -0.391 e. The third-order valence-corrected chi connectivity index (χ3v) is 3.48. The number of hydrogen-bond donors (Lipinski definition) is 2. The molecule has 1 amide bonds. The number of aliphatic hydroxyl groups excluding tert-OH is 1. The van der Waals surface area contributed by atoms with Gasteiger partial charge in [-0.25, -0.2) is 0 Å². The van der Waals surface area contributed by atoms with Crippen molar-refractivity contribution in [3.05, 3.63) is 16.8 Å². The first-order valence-electron chi connectivity index (χ1n) is 6.79. The average molecular weight is 309 g/mol. The maximum absolute atomic E-state index is 11.7. The first kappa shape index (κ1) is 15.6. The van der Waals surface area contributed by atoms with Crippen molar-refractivity contribution in [2.45, 2.75) is 32.9 Å². The van der Waals surface area contributed by atoms with Gasteiger partial charge in [-0.2, -0.15) is 16.1 Å². The Morgan fingerprint density at radius 1 is 1.52 bits per heavy atom. The van der Waals surface area contributed by atoms with Gasteiger partial charge >= 0.3 is 0 Å². The topological polar surface area (TPSA) is 92.9 Å². The van der Waals surface area contributed by atoms with Gasteiger partial charge in [-0.1, -0.05) is 13.8 Å². The summed E-state index contributed by atoms with van der Waals surface area (Å²) in [4.78, 5) is 13.0. The van der Waals surface area contributed by atoms with Gasteiger partial charge in [0, 0.05) is 17.5 Å². The smallest absolute Gasteiger partial charge is 0.243 e. The fourth-order valence-electron chi connectivity index (χ4n) is 1.86. The summed E-state index contributed by atoms with van der Waals surface area (Å²) in [7, 11) is 0. The maximum atomic E-state index is 11.7. The highest BCUT2D eigenvalue weighted by molar-refractivity contribution is 7.08. The highest BCUT2D eigenvalue weighted by Crippen LogP contribution is 2.16. The fraction of sp³-hybridized carbons (Fsp3) is 0.538. The summed E-state index contributed by atoms with van der Waals surface area (Å²) < 4.78 is 0. The lowest BCUT2D eigenvalue weighted by Crippen LogP contribution is -2.35. The minimum atomic E-state index is -0.529. The summed E-state index contributed by atoms with van der Waals surface area (Å²) in [5.41, 5.74) is 0.888. The molecular weight excluding hydrogens is 290 g/mol. The number of aliphatic hydroxyl groups is 1. The van der Waals surface area contributed by atoms with Gasteiger partial charge in [0.15, 0.2) is 0 Å². The zero-order chi connectivity index (χ0) is 15.2. The van der Waals surface area contributed by atoms with Crippen LogP contribution < -0.4 is 5.32 Å². The molecule has 114 valence electrons. The van der Waals surface area contributed by atoms with Crippen LogP contribution >= 0.6 is 11.3 Å². The van der Waals surface area contributed by atoms with Crippen molar-refractivity contribution in [3.63, 3.8) is 0 Å². The van der Waals surface area contributed by atoms with E-state index in [1.54, 1.807) is 11.3 Å². The van der Waals surface area contributed by atoms with E-state index in [0.29, 0.717) is 18.2 Å². The summed E-state index contributed by atoms with van der Waals surface area (Å²) in [5, 5.41) is 28.1. The van der Waals surface area contributed by atoms with Crippen LogP contribution in [-0.2, 0) is 11.3 Å². The number of thiophene rings is 1. The SMILES string of the molecule is CC(C)CC(O)CNC(=O)Cn1nnc(-c2ccsc2)n1. The maximum Gasteiger partial charge on any atom is 0.243 e. The molecule has 1 atom stereocenters. The van der Waals surface area contributed by atoms with E-state index in [4.69, 9.17) is 0 Å². The number of carbonyl (C=O) groups excluding carboxylic acids is 1. The van der Waals surface area contributed by atoms with Crippen molar-refractivity contribution in [2.24, 2.45) is 5.92 Å². The van der Waals surface area contributed by atoms with Gasteiger partial charge in [-0.05, 0) is 29.0 Å². The molecule has 0 radical (unpaired) electrons. The molecule has 0 saturated carbocycles. The summed E-state index contributed by atoms with van der Waals surface area (Å²) in [6, 6.07) is 1.90. The Kier molecular flexibility index (Phi) is 5.40. The van der Waals surface area contributed by atoms with Gasteiger partial charge in [0.1, 0.15) is 6.54 Å². The quantitative estimate of drug-likeness (QED) is 0.793. The predicted molar refractivity (Wildman–Crippen MR) is 79.6 cm³/mol. The predicted octanol–water partition coefficient (Wildman–Crippen LogP) is 0.925. The van der Waals surface area contributed by atoms with Crippen molar-refractivity contribution in [3.8, 4) is 11.4 Å². The molecule has 0 aliphatic carbocycles. The first-order valence-corrected chi connectivity index (χ1v) is 7.74. The number of carbonyl (C=O) groups is 1. The van der Waals surface area contributed by atoms with Gasteiger partial charge in [0.05, 0.1) is 6.10 Å². The Morgan fingerprint density at radius 2 is 2.33 bits per heavy atom. The van der Waals surface area contributed by atoms with Crippen LogP contribution in [0.15, 0.2) is 16.8 Å². The Hall–Kier alpha value is -1.80. The van der Waals surface area contributed by atoms with E-state index in [9.17, 15) is 9.90 Å². The Morgan fingerprint density at radius 3 is 3.00 bits per heavy atom. The highest BCUT2D eigenvalue weighted by atomic mass is 32.1. The molecule has 7 nitrogen and oxygen atoms in total. The van der Waals surface area contributed by atoms with Crippen LogP contribution in [0.25, 0.3) is 11.4 Å². The molecule has 0 aromatic carbocycles. The summed E-state index contributed by atoms with van der Waals surface area (Å²) >= 11 is 1.55. The molecule has 0 saturated heterocycles. The second kappa shape index (κ2) is 7.28. The van der Waals surface area contributed by atoms with Crippen LogP contribution in [-0.4, -0.2) is 43.9 Å². The van der Waals surface area contributed by atoms with Crippen LogP contribution in [0.3, 0.4) is 0 Å². The second-order valence-electron chi connectivity index (χ2n) is 5.24. The molecule has 8 heteroatoms. The van der Waals surface area contributed by atoms with E-state index >= 15 is 0 Å². The molecule has 0 spiro atoms. The third-order valence-electron chi connectivity index (χ3n) is 2.80. The normalized spacial score (nSPS) is 12.6. The molecule has 0 aliphatic heterocycles. The fourth-order valence-corrected chi connectivity index (χ4v) is 2.50. The van der Waals surface area contributed by atoms with Crippen molar-refractivity contribution >= 4 is 17.2 Å². The van der Waals surface area contributed by atoms with Crippen molar-refractivity contribution in [2.75, 3.05) is 6.54 Å². The number of amides is 1. The highest BCUT2D eigenvalue weighted by Gasteiger charge is 2.12. The van der Waals surface area contributed by atoms with Crippen LogP contribution in [0.4, 0.5) is 0 Å². The Bertz CT molecular complexity index is 567. The molecule has 0 fully saturated rings. The van der Waals surface area contributed by atoms with Gasteiger partial charge in [0.2, 0.25) is 11.7 Å². The van der Waals surface area contributed by atoms with Crippen LogP contribution in [0, 0.1) is 5.92 Å². The summed E-state index contributed by atoms with van der Waals surface area (Å²) in [6.07, 6.45) is 0.128. The van der Waals surface area contributed by atoms with E-state index in [0.717, 1.165) is 5.56 Å². The third kappa shape index (κ3) is 4.91. The number of rotatable bonds is 7. The molecule has 1 unspecified atom stereocenters. The van der Waals surface area contributed by atoms with Gasteiger partial charge in [-0.15, -0.1) is 10.2 Å². The van der Waals surface area contributed by atoms with Gasteiger partial charge in [-0.3, -0.25) is 4.79 Å². The lowest BCUT2D eigenvalue weighted by Gasteiger charge is -2.13. The number of hydrogen-bond acceptors (Lipinski definition) is 6. The molecule has 2 rings (SSSR count). The van der Waals surface area contributed by atoms with Crippen LogP contribution in [0.1, 0.15) is 20.3 Å². The zero-order valence-electron chi connectivity index (χ0n) is 12.1. The van der Waals surface area contributed by atoms with E-state index in [1.807, 2.05) is 30.7 Å². The van der Waals surface area contributed by atoms with Crippen molar-refractivity contribution in [1.82, 2.24) is 25.5 Å². The number of tetrazole rings is 1. The molecule has 2 aromatic heterocycles. The average Bonchev–Trinajstić information content (AvgIpc) is 3.05. The Labute approximate surface area is 127 Å². The van der Waals surface area contributed by atoms with E-state index in [1.165, 1.54) is 4.80 Å². The number of nitrogens with zero attached hydrogens (tertiary/aromatic N) is 4. The molecule has 2 heterocycles. The van der Waals surface area contributed by atoms with Crippen LogP contribution in [0.2, 0.25) is 0 Å². The second-order valence-corrected chi connectivity index (χ2v) is 6.02. The van der Waals surface area contributed by atoms with E-state index < -0.39 is 6.10 Å². The molecule has 21 heavy (non-hydrogen) atoms. The summed E-state index contributed by atoms with van der Waals surface area (Å²) in [6.45, 7) is 4.28. The summed E-state index contributed by atoms with van der Waals surface area (Å²) in [5.74, 6) is 0.651. The molecule has 2 N–H and O–H groups in total. The van der Waals surface area contributed by atoms with E-state index in [2.05, 4.69) is 20.7 Å². The lowest BCUT2D eigenvalue weighted by molar-refractivity contribution is -0.122. The Balaban J connectivity index is 1.80. The minimum absolute atomic E-state index is 0.00840. The molecule has 0 bridgehead atoms. The number of nitrogens with one attached hydrogen (secondary N) is 1. The molecule has 0 aliphatic rings.